The number of benzene rings is 1. The van der Waals surface area contributed by atoms with Gasteiger partial charge in [-0.05, 0) is 41.1 Å². The Labute approximate surface area is 143 Å². The van der Waals surface area contributed by atoms with Crippen molar-refractivity contribution in [1.82, 2.24) is 9.78 Å². The second kappa shape index (κ2) is 6.28. The smallest absolute Gasteiger partial charge is 0.265 e. The Morgan fingerprint density at radius 3 is 2.57 bits per heavy atom. The van der Waals surface area contributed by atoms with Crippen molar-refractivity contribution in [3.63, 3.8) is 0 Å². The first-order chi connectivity index (χ1) is 9.70. The molecular formula is C12H11Br2ClN2O3S. The van der Waals surface area contributed by atoms with E-state index in [4.69, 9.17) is 15.4 Å². The first-order valence-electron chi connectivity index (χ1n) is 5.75. The molecule has 21 heavy (non-hydrogen) atoms. The van der Waals surface area contributed by atoms with Gasteiger partial charge in [0.25, 0.3) is 9.05 Å². The normalized spacial score (nSPS) is 11.7. The summed E-state index contributed by atoms with van der Waals surface area (Å²) in [5, 5.41) is 4.25. The first-order valence-corrected chi connectivity index (χ1v) is 9.64. The third kappa shape index (κ3) is 3.80. The molecule has 0 aliphatic heterocycles. The highest BCUT2D eigenvalue weighted by Gasteiger charge is 2.19. The fourth-order valence-corrected chi connectivity index (χ4v) is 3.73. The van der Waals surface area contributed by atoms with E-state index in [9.17, 15) is 8.42 Å². The zero-order valence-corrected chi connectivity index (χ0v) is 15.8. The van der Waals surface area contributed by atoms with Crippen LogP contribution in [-0.2, 0) is 22.7 Å². The molecule has 2 rings (SSSR count). The van der Waals surface area contributed by atoms with Crippen LogP contribution in [0.4, 0.5) is 0 Å². The van der Waals surface area contributed by atoms with Gasteiger partial charge < -0.3 is 4.74 Å². The first kappa shape index (κ1) is 16.8. The lowest BCUT2D eigenvalue weighted by Crippen LogP contribution is -2.05. The number of halogens is 3. The third-order valence-corrected chi connectivity index (χ3v) is 5.66. The molecule has 1 heterocycles. The molecule has 0 bridgehead atoms. The van der Waals surface area contributed by atoms with E-state index in [1.807, 2.05) is 6.92 Å². The zero-order chi connectivity index (χ0) is 15.8. The maximum atomic E-state index is 11.6. The van der Waals surface area contributed by atoms with Gasteiger partial charge in [0.2, 0.25) is 0 Å². The fourth-order valence-electron chi connectivity index (χ4n) is 1.77. The van der Waals surface area contributed by atoms with Crippen molar-refractivity contribution >= 4 is 51.6 Å². The van der Waals surface area contributed by atoms with Crippen LogP contribution in [-0.4, -0.2) is 18.2 Å². The second-order valence-corrected chi connectivity index (χ2v) is 8.53. The molecule has 0 saturated carbocycles. The highest BCUT2D eigenvalue weighted by molar-refractivity contribution is 9.10. The topological polar surface area (TPSA) is 61.2 Å². The van der Waals surface area contributed by atoms with E-state index in [0.29, 0.717) is 4.47 Å². The molecule has 0 aliphatic carbocycles. The average molecular weight is 459 g/mol. The van der Waals surface area contributed by atoms with Crippen molar-refractivity contribution in [2.75, 3.05) is 0 Å². The molecule has 0 radical (unpaired) electrons. The van der Waals surface area contributed by atoms with Gasteiger partial charge in [-0.15, -0.1) is 0 Å². The molecule has 0 spiro atoms. The maximum absolute atomic E-state index is 11.6. The van der Waals surface area contributed by atoms with E-state index < -0.39 is 9.05 Å². The molecule has 0 aliphatic rings. The van der Waals surface area contributed by atoms with E-state index in [1.165, 1.54) is 6.07 Å². The van der Waals surface area contributed by atoms with Crippen molar-refractivity contribution < 1.29 is 13.2 Å². The quantitative estimate of drug-likeness (QED) is 0.655. The minimum atomic E-state index is -3.89. The van der Waals surface area contributed by atoms with Gasteiger partial charge >= 0.3 is 0 Å². The number of nitrogens with zero attached hydrogens (tertiary/aromatic N) is 2. The third-order valence-electron chi connectivity index (χ3n) is 2.79. The van der Waals surface area contributed by atoms with Gasteiger partial charge in [-0.1, -0.05) is 15.9 Å². The van der Waals surface area contributed by atoms with Crippen LogP contribution in [0.3, 0.4) is 0 Å². The van der Waals surface area contributed by atoms with Crippen molar-refractivity contribution in [2.45, 2.75) is 18.4 Å². The summed E-state index contributed by atoms with van der Waals surface area (Å²) in [7, 11) is 3.33. The summed E-state index contributed by atoms with van der Waals surface area (Å²) < 4.78 is 31.9. The van der Waals surface area contributed by atoms with Crippen LogP contribution in [0, 0.1) is 6.92 Å². The lowest BCUT2D eigenvalue weighted by molar-refractivity contribution is 0.286. The molecule has 0 fully saturated rings. The van der Waals surface area contributed by atoms with Crippen molar-refractivity contribution in [1.29, 1.82) is 0 Å². The molecule has 1 aromatic carbocycles. The predicted octanol–water partition coefficient (Wildman–Crippen LogP) is 3.76. The van der Waals surface area contributed by atoms with Crippen LogP contribution in [0.2, 0.25) is 0 Å². The van der Waals surface area contributed by atoms with Crippen LogP contribution >= 0.6 is 42.5 Å². The predicted molar refractivity (Wildman–Crippen MR) is 87.2 cm³/mol. The van der Waals surface area contributed by atoms with Gasteiger partial charge in [0.05, 0.1) is 15.9 Å². The lowest BCUT2D eigenvalue weighted by atomic mass is 10.3. The average Bonchev–Trinajstić information content (AvgIpc) is 2.61. The molecule has 1 aromatic heterocycles. The number of hydrogen-bond acceptors (Lipinski definition) is 4. The summed E-state index contributed by atoms with van der Waals surface area (Å²) >= 11 is 6.64. The van der Waals surface area contributed by atoms with E-state index in [2.05, 4.69) is 37.0 Å². The van der Waals surface area contributed by atoms with E-state index >= 15 is 0 Å². The molecule has 2 aromatic rings. The minimum absolute atomic E-state index is 0.0754. The summed E-state index contributed by atoms with van der Waals surface area (Å²) in [5.74, 6) is 0.193. The standard InChI is InChI=1S/C12H11Br2ClN2O3S/c1-7-12(14)9(17(2)16-7)6-20-10-4-3-8(13)5-11(10)21(15,18)19/h3-5H,6H2,1-2H3. The summed E-state index contributed by atoms with van der Waals surface area (Å²) in [6.07, 6.45) is 0. The minimum Gasteiger partial charge on any atom is -0.486 e. The number of aromatic nitrogens is 2. The van der Waals surface area contributed by atoms with Gasteiger partial charge in [-0.2, -0.15) is 5.10 Å². The molecule has 0 atom stereocenters. The summed E-state index contributed by atoms with van der Waals surface area (Å²) in [4.78, 5) is -0.0754. The number of ether oxygens (including phenoxy) is 1. The van der Waals surface area contributed by atoms with Crippen molar-refractivity contribution in [3.8, 4) is 5.75 Å². The van der Waals surface area contributed by atoms with Crippen LogP contribution in [0.1, 0.15) is 11.4 Å². The Bertz CT molecular complexity index is 790. The highest BCUT2D eigenvalue weighted by Crippen LogP contribution is 2.31. The molecule has 0 amide bonds. The molecule has 5 nitrogen and oxygen atoms in total. The highest BCUT2D eigenvalue weighted by atomic mass is 79.9. The summed E-state index contributed by atoms with van der Waals surface area (Å²) in [6.45, 7) is 2.03. The van der Waals surface area contributed by atoms with Crippen LogP contribution < -0.4 is 4.74 Å². The van der Waals surface area contributed by atoms with Crippen LogP contribution in [0.15, 0.2) is 32.0 Å². The van der Waals surface area contributed by atoms with E-state index in [0.717, 1.165) is 15.9 Å². The van der Waals surface area contributed by atoms with Crippen molar-refractivity contribution in [3.05, 3.63) is 38.5 Å². The van der Waals surface area contributed by atoms with Gasteiger partial charge in [-0.25, -0.2) is 8.42 Å². The molecule has 0 unspecified atom stereocenters. The Balaban J connectivity index is 2.33. The molecule has 0 saturated heterocycles. The Morgan fingerprint density at radius 1 is 1.38 bits per heavy atom. The maximum Gasteiger partial charge on any atom is 0.265 e. The largest absolute Gasteiger partial charge is 0.486 e. The molecule has 114 valence electrons. The van der Waals surface area contributed by atoms with Gasteiger partial charge in [0, 0.05) is 22.2 Å². The fraction of sp³-hybridized carbons (Fsp3) is 0.250. The Hall–Kier alpha value is -0.570. The molecule has 0 N–H and O–H groups in total. The number of rotatable bonds is 4. The van der Waals surface area contributed by atoms with Gasteiger partial charge in [-0.3, -0.25) is 4.68 Å². The zero-order valence-electron chi connectivity index (χ0n) is 11.1. The van der Waals surface area contributed by atoms with Gasteiger partial charge in [0.15, 0.2) is 0 Å². The van der Waals surface area contributed by atoms with E-state index in [1.54, 1.807) is 23.9 Å². The Morgan fingerprint density at radius 2 is 2.05 bits per heavy atom. The lowest BCUT2D eigenvalue weighted by Gasteiger charge is -2.10. The number of hydrogen-bond donors (Lipinski definition) is 0. The number of aryl methyl sites for hydroxylation is 2. The Kier molecular flexibility index (Phi) is 5.02. The van der Waals surface area contributed by atoms with Gasteiger partial charge in [0.1, 0.15) is 17.3 Å². The molecular weight excluding hydrogens is 447 g/mol. The molecule has 9 heteroatoms. The van der Waals surface area contributed by atoms with E-state index in [-0.39, 0.29) is 17.3 Å². The monoisotopic (exact) mass is 456 g/mol. The van der Waals surface area contributed by atoms with Crippen LogP contribution in [0.5, 0.6) is 5.75 Å². The van der Waals surface area contributed by atoms with Crippen molar-refractivity contribution in [2.24, 2.45) is 7.05 Å². The second-order valence-electron chi connectivity index (χ2n) is 4.29. The SMILES string of the molecule is Cc1nn(C)c(COc2ccc(Br)cc2S(=O)(=O)Cl)c1Br. The summed E-state index contributed by atoms with van der Waals surface area (Å²) in [6, 6.07) is 4.64. The summed E-state index contributed by atoms with van der Waals surface area (Å²) in [5.41, 5.74) is 1.63. The van der Waals surface area contributed by atoms with Crippen LogP contribution in [0.25, 0.3) is 0 Å².